The molecule has 2 aromatic carbocycles. The van der Waals surface area contributed by atoms with Crippen molar-refractivity contribution in [1.29, 1.82) is 0 Å². The minimum atomic E-state index is -1.04. The second-order valence-corrected chi connectivity index (χ2v) is 7.98. The number of nitrogens with zero attached hydrogens (tertiary/aromatic N) is 1. The van der Waals surface area contributed by atoms with E-state index in [0.29, 0.717) is 23.4 Å². The zero-order valence-corrected chi connectivity index (χ0v) is 20.0. The van der Waals surface area contributed by atoms with Gasteiger partial charge in [-0.1, -0.05) is 17.9 Å². The number of nitrogens with two attached hydrogens (primary N) is 1. The number of carbonyl (C=O) groups excluding carboxylic acids is 3. The summed E-state index contributed by atoms with van der Waals surface area (Å²) in [5.74, 6) is 4.62. The maximum Gasteiger partial charge on any atom is 0.267 e. The van der Waals surface area contributed by atoms with Crippen LogP contribution in [0.5, 0.6) is 0 Å². The number of amides is 3. The van der Waals surface area contributed by atoms with Crippen molar-refractivity contribution in [3.05, 3.63) is 95.3 Å². The minimum Gasteiger partial charge on any atom is -0.339 e. The standard InChI is InChI=1S/C27H28N6O4/c28-16-24(27(36)33-37)32-26(35)22-9-5-19(6-10-22)3-4-20-7-11-23(12-8-20)31-25(34)18-30-15-13-21-2-1-14-29-17-21/h1-2,5-12,14,17,24,30,37H,13,15-16,18,28H2,(H,31,34)(H,32,35)(H,33,36)/t24-/m0/s1. The number of hydrogen-bond donors (Lipinski definition) is 6. The van der Waals surface area contributed by atoms with Gasteiger partial charge in [-0.3, -0.25) is 24.6 Å². The first-order chi connectivity index (χ1) is 18.0. The summed E-state index contributed by atoms with van der Waals surface area (Å²) in [6.07, 6.45) is 4.33. The summed E-state index contributed by atoms with van der Waals surface area (Å²) >= 11 is 0. The van der Waals surface area contributed by atoms with Crippen LogP contribution in [0.3, 0.4) is 0 Å². The van der Waals surface area contributed by atoms with Crippen LogP contribution in [0.4, 0.5) is 5.69 Å². The fourth-order valence-corrected chi connectivity index (χ4v) is 3.22. The van der Waals surface area contributed by atoms with E-state index in [4.69, 9.17) is 10.9 Å². The summed E-state index contributed by atoms with van der Waals surface area (Å²) in [5.41, 5.74) is 10.5. The quantitative estimate of drug-likeness (QED) is 0.104. The third kappa shape index (κ3) is 8.87. The van der Waals surface area contributed by atoms with Crippen LogP contribution >= 0.6 is 0 Å². The van der Waals surface area contributed by atoms with Crippen LogP contribution in [0.15, 0.2) is 73.1 Å². The number of rotatable bonds is 10. The Labute approximate surface area is 214 Å². The number of aromatic nitrogens is 1. The lowest BCUT2D eigenvalue weighted by atomic mass is 10.1. The van der Waals surface area contributed by atoms with Gasteiger partial charge >= 0.3 is 0 Å². The molecule has 0 saturated heterocycles. The lowest BCUT2D eigenvalue weighted by molar-refractivity contribution is -0.130. The summed E-state index contributed by atoms with van der Waals surface area (Å²) in [5, 5.41) is 17.1. The van der Waals surface area contributed by atoms with Crippen LogP contribution in [0.25, 0.3) is 0 Å². The minimum absolute atomic E-state index is 0.135. The number of nitrogens with one attached hydrogen (secondary N) is 4. The van der Waals surface area contributed by atoms with Crippen molar-refractivity contribution >= 4 is 23.4 Å². The fraction of sp³-hybridized carbons (Fsp3) is 0.185. The molecule has 0 aliphatic heterocycles. The fourth-order valence-electron chi connectivity index (χ4n) is 3.22. The largest absolute Gasteiger partial charge is 0.339 e. The van der Waals surface area contributed by atoms with Gasteiger partial charge in [0.25, 0.3) is 11.8 Å². The SMILES string of the molecule is NC[C@H](NC(=O)c1ccc(C#Cc2ccc(NC(=O)CNCCc3cccnc3)cc2)cc1)C(=O)NO. The van der Waals surface area contributed by atoms with Crippen LogP contribution in [0.1, 0.15) is 27.0 Å². The molecule has 3 rings (SSSR count). The van der Waals surface area contributed by atoms with Gasteiger partial charge in [-0.2, -0.15) is 0 Å². The van der Waals surface area contributed by atoms with Crippen molar-refractivity contribution in [3.8, 4) is 11.8 Å². The smallest absolute Gasteiger partial charge is 0.267 e. The second-order valence-electron chi connectivity index (χ2n) is 7.98. The molecule has 0 bridgehead atoms. The Morgan fingerprint density at radius 1 is 0.973 bits per heavy atom. The molecule has 190 valence electrons. The van der Waals surface area contributed by atoms with E-state index < -0.39 is 17.9 Å². The number of pyridine rings is 1. The third-order valence-corrected chi connectivity index (χ3v) is 5.23. The van der Waals surface area contributed by atoms with Crippen molar-refractivity contribution in [1.82, 2.24) is 21.1 Å². The molecular formula is C27H28N6O4. The topological polar surface area (TPSA) is 158 Å². The van der Waals surface area contributed by atoms with Gasteiger partial charge in [-0.15, -0.1) is 0 Å². The number of hydrogen-bond acceptors (Lipinski definition) is 7. The maximum absolute atomic E-state index is 12.3. The molecule has 1 aromatic heterocycles. The van der Waals surface area contributed by atoms with Gasteiger partial charge in [-0.05, 0) is 73.1 Å². The van der Waals surface area contributed by atoms with E-state index in [2.05, 4.69) is 32.8 Å². The van der Waals surface area contributed by atoms with Crippen molar-refractivity contribution in [3.63, 3.8) is 0 Å². The highest BCUT2D eigenvalue weighted by Crippen LogP contribution is 2.09. The van der Waals surface area contributed by atoms with Gasteiger partial charge in [0.05, 0.1) is 6.54 Å². The van der Waals surface area contributed by atoms with Crippen LogP contribution in [0, 0.1) is 11.8 Å². The Hall–Kier alpha value is -4.56. The molecule has 37 heavy (non-hydrogen) atoms. The van der Waals surface area contributed by atoms with Crippen molar-refractivity contribution in [2.24, 2.45) is 5.73 Å². The Balaban J connectivity index is 1.46. The number of carbonyl (C=O) groups is 3. The average Bonchev–Trinajstić information content (AvgIpc) is 2.94. The molecule has 0 radical (unpaired) electrons. The highest BCUT2D eigenvalue weighted by Gasteiger charge is 2.19. The van der Waals surface area contributed by atoms with Gasteiger partial charge < -0.3 is 21.7 Å². The van der Waals surface area contributed by atoms with Gasteiger partial charge in [0.2, 0.25) is 5.91 Å². The molecule has 0 aliphatic rings. The lowest BCUT2D eigenvalue weighted by Crippen LogP contribution is -2.50. The molecule has 1 atom stereocenters. The van der Waals surface area contributed by atoms with Gasteiger partial charge in [0.15, 0.2) is 0 Å². The summed E-state index contributed by atoms with van der Waals surface area (Å²) in [7, 11) is 0. The molecule has 3 amide bonds. The van der Waals surface area contributed by atoms with Crippen molar-refractivity contribution in [2.75, 3.05) is 25.0 Å². The first-order valence-corrected chi connectivity index (χ1v) is 11.5. The van der Waals surface area contributed by atoms with E-state index in [-0.39, 0.29) is 19.0 Å². The van der Waals surface area contributed by atoms with E-state index in [9.17, 15) is 14.4 Å². The Bertz CT molecular complexity index is 1250. The summed E-state index contributed by atoms with van der Waals surface area (Å²) in [6, 6.07) is 16.5. The van der Waals surface area contributed by atoms with E-state index in [1.54, 1.807) is 54.7 Å². The van der Waals surface area contributed by atoms with Crippen LogP contribution in [-0.4, -0.2) is 53.6 Å². The predicted molar refractivity (Wildman–Crippen MR) is 139 cm³/mol. The number of anilines is 1. The maximum atomic E-state index is 12.3. The Morgan fingerprint density at radius 2 is 1.65 bits per heavy atom. The molecule has 0 saturated carbocycles. The summed E-state index contributed by atoms with van der Waals surface area (Å²) < 4.78 is 0. The first kappa shape index (κ1) is 27.0. The molecule has 0 aliphatic carbocycles. The molecular weight excluding hydrogens is 472 g/mol. The van der Waals surface area contributed by atoms with E-state index in [1.165, 1.54) is 5.48 Å². The summed E-state index contributed by atoms with van der Waals surface area (Å²) in [6.45, 7) is 0.722. The molecule has 10 nitrogen and oxygen atoms in total. The highest BCUT2D eigenvalue weighted by atomic mass is 16.5. The average molecular weight is 501 g/mol. The van der Waals surface area contributed by atoms with Crippen molar-refractivity contribution in [2.45, 2.75) is 12.5 Å². The van der Waals surface area contributed by atoms with E-state index in [1.807, 2.05) is 18.3 Å². The monoisotopic (exact) mass is 500 g/mol. The predicted octanol–water partition coefficient (Wildman–Crippen LogP) is 0.815. The molecule has 0 spiro atoms. The molecule has 0 unspecified atom stereocenters. The molecule has 10 heteroatoms. The van der Waals surface area contributed by atoms with E-state index in [0.717, 1.165) is 17.5 Å². The number of hydroxylamine groups is 1. The second kappa shape index (κ2) is 14.1. The van der Waals surface area contributed by atoms with Crippen LogP contribution in [0.2, 0.25) is 0 Å². The highest BCUT2D eigenvalue weighted by molar-refractivity contribution is 5.97. The van der Waals surface area contributed by atoms with Gasteiger partial charge in [0, 0.05) is 41.3 Å². The van der Waals surface area contributed by atoms with Crippen LogP contribution < -0.4 is 27.2 Å². The zero-order chi connectivity index (χ0) is 26.5. The molecule has 0 fully saturated rings. The molecule has 1 heterocycles. The zero-order valence-electron chi connectivity index (χ0n) is 20.0. The Morgan fingerprint density at radius 3 is 2.24 bits per heavy atom. The van der Waals surface area contributed by atoms with Gasteiger partial charge in [-0.25, -0.2) is 5.48 Å². The van der Waals surface area contributed by atoms with Crippen molar-refractivity contribution < 1.29 is 19.6 Å². The van der Waals surface area contributed by atoms with Gasteiger partial charge in [0.1, 0.15) is 6.04 Å². The Kier molecular flexibility index (Phi) is 10.3. The number of benzene rings is 2. The summed E-state index contributed by atoms with van der Waals surface area (Å²) in [4.78, 5) is 39.9. The first-order valence-electron chi connectivity index (χ1n) is 11.5. The lowest BCUT2D eigenvalue weighted by Gasteiger charge is -2.14. The molecule has 3 aromatic rings. The third-order valence-electron chi connectivity index (χ3n) is 5.23. The normalized spacial score (nSPS) is 11.0. The van der Waals surface area contributed by atoms with Crippen LogP contribution in [-0.2, 0) is 16.0 Å². The van der Waals surface area contributed by atoms with E-state index >= 15 is 0 Å². The molecule has 7 N–H and O–H groups in total.